The van der Waals surface area contributed by atoms with Crippen LogP contribution in [-0.4, -0.2) is 40.6 Å². The summed E-state index contributed by atoms with van der Waals surface area (Å²) in [5.74, 6) is -3.39. The molecule has 68 valence electrons. The van der Waals surface area contributed by atoms with Crippen LogP contribution in [0.3, 0.4) is 0 Å². The van der Waals surface area contributed by atoms with Crippen molar-refractivity contribution in [1.82, 2.24) is 0 Å². The first-order valence-electron chi connectivity index (χ1n) is 3.57. The molecule has 2 aliphatic heterocycles. The zero-order valence-corrected chi connectivity index (χ0v) is 6.08. The maximum absolute atomic E-state index is 13.1. The Balaban J connectivity index is 2.42. The third kappa shape index (κ3) is 0.646. The molecule has 3 atom stereocenters. The largest absolute Gasteiger partial charge is 0.393 e. The first kappa shape index (κ1) is 8.10. The highest BCUT2D eigenvalue weighted by Gasteiger charge is 2.69. The van der Waals surface area contributed by atoms with Gasteiger partial charge in [-0.15, -0.1) is 0 Å². The second-order valence-electron chi connectivity index (χ2n) is 3.07. The van der Waals surface area contributed by atoms with Crippen LogP contribution in [0.15, 0.2) is 12.2 Å². The van der Waals surface area contributed by atoms with Crippen molar-refractivity contribution >= 4 is 0 Å². The van der Waals surface area contributed by atoms with E-state index in [1.807, 2.05) is 0 Å². The molecule has 3 nitrogen and oxygen atoms in total. The summed E-state index contributed by atoms with van der Waals surface area (Å²) in [5, 5.41) is 18.0. The van der Waals surface area contributed by atoms with Gasteiger partial charge in [-0.25, -0.2) is 0 Å². The maximum atomic E-state index is 13.1. The fourth-order valence-electron chi connectivity index (χ4n) is 1.56. The summed E-state index contributed by atoms with van der Waals surface area (Å²) in [6.07, 6.45) is 0.0785. The summed E-state index contributed by atoms with van der Waals surface area (Å²) in [7, 11) is 0. The van der Waals surface area contributed by atoms with Gasteiger partial charge in [0.15, 0.2) is 5.60 Å². The Labute approximate surface area is 67.3 Å². The molecule has 0 aromatic rings. The summed E-state index contributed by atoms with van der Waals surface area (Å²) in [6.45, 7) is -0.995. The van der Waals surface area contributed by atoms with E-state index in [0.29, 0.717) is 0 Å². The average molecular weight is 178 g/mol. The molecule has 0 amide bonds. The van der Waals surface area contributed by atoms with Crippen LogP contribution in [0.5, 0.6) is 0 Å². The Hall–Kier alpha value is -0.520. The molecule has 0 aromatic heterocycles. The van der Waals surface area contributed by atoms with E-state index in [4.69, 9.17) is 9.84 Å². The fourth-order valence-corrected chi connectivity index (χ4v) is 1.56. The minimum atomic E-state index is -3.39. The molecule has 0 aliphatic carbocycles. The molecule has 0 spiro atoms. The Kier molecular flexibility index (Phi) is 1.38. The van der Waals surface area contributed by atoms with Gasteiger partial charge in [0.25, 0.3) is 0 Å². The van der Waals surface area contributed by atoms with Crippen LogP contribution in [0.25, 0.3) is 0 Å². The molecule has 2 bridgehead atoms. The fraction of sp³-hybridized carbons (Fsp3) is 0.714. The van der Waals surface area contributed by atoms with E-state index < -0.39 is 30.3 Å². The summed E-state index contributed by atoms with van der Waals surface area (Å²) < 4.78 is 30.9. The minimum Gasteiger partial charge on any atom is -0.393 e. The van der Waals surface area contributed by atoms with Crippen molar-refractivity contribution in [2.45, 2.75) is 23.7 Å². The zero-order valence-electron chi connectivity index (χ0n) is 6.08. The van der Waals surface area contributed by atoms with Crippen molar-refractivity contribution in [3.63, 3.8) is 0 Å². The lowest BCUT2D eigenvalue weighted by atomic mass is 9.86. The number of rotatable bonds is 1. The number of ether oxygens (including phenoxy) is 1. The van der Waals surface area contributed by atoms with Crippen LogP contribution < -0.4 is 0 Å². The van der Waals surface area contributed by atoms with Crippen LogP contribution >= 0.6 is 0 Å². The SMILES string of the molecule is OC[C@]1(O)[C@@H]2C=C[C@@H](O2)C1(F)F. The summed E-state index contributed by atoms with van der Waals surface area (Å²) >= 11 is 0. The van der Waals surface area contributed by atoms with Gasteiger partial charge in [-0.1, -0.05) is 12.2 Å². The van der Waals surface area contributed by atoms with E-state index in [9.17, 15) is 13.9 Å². The highest BCUT2D eigenvalue weighted by Crippen LogP contribution is 2.48. The standard InChI is InChI=1S/C7H8F2O3/c8-7(9)5-2-1-4(12-5)6(7,11)3-10/h1-2,4-5,10-11H,3H2/t4-,5+,6-/m0/s1. The molecule has 1 saturated heterocycles. The Morgan fingerprint density at radius 1 is 1.33 bits per heavy atom. The molecule has 0 saturated carbocycles. The lowest BCUT2D eigenvalue weighted by Crippen LogP contribution is -2.57. The topological polar surface area (TPSA) is 49.7 Å². The molecule has 2 heterocycles. The number of fused-ring (bicyclic) bond motifs is 2. The van der Waals surface area contributed by atoms with E-state index in [1.54, 1.807) is 0 Å². The third-order valence-electron chi connectivity index (χ3n) is 2.40. The minimum absolute atomic E-state index is 0.995. The average Bonchev–Trinajstić information content (AvgIpc) is 2.55. The zero-order chi connectivity index (χ0) is 8.98. The van der Waals surface area contributed by atoms with E-state index >= 15 is 0 Å². The van der Waals surface area contributed by atoms with Gasteiger partial charge in [0, 0.05) is 0 Å². The number of aliphatic hydroxyl groups excluding tert-OH is 1. The van der Waals surface area contributed by atoms with Crippen molar-refractivity contribution in [2.24, 2.45) is 0 Å². The quantitative estimate of drug-likeness (QED) is 0.541. The maximum Gasteiger partial charge on any atom is 0.310 e. The van der Waals surface area contributed by atoms with Crippen molar-refractivity contribution in [3.05, 3.63) is 12.2 Å². The van der Waals surface area contributed by atoms with Crippen LogP contribution in [0.4, 0.5) is 8.78 Å². The van der Waals surface area contributed by atoms with E-state index in [-0.39, 0.29) is 0 Å². The van der Waals surface area contributed by atoms with E-state index in [2.05, 4.69) is 0 Å². The molecule has 2 aliphatic rings. The number of halogens is 2. The number of alkyl halides is 2. The van der Waals surface area contributed by atoms with Gasteiger partial charge in [-0.05, 0) is 0 Å². The Morgan fingerprint density at radius 2 is 1.92 bits per heavy atom. The first-order valence-corrected chi connectivity index (χ1v) is 3.57. The van der Waals surface area contributed by atoms with Gasteiger partial charge in [-0.2, -0.15) is 8.78 Å². The predicted molar refractivity (Wildman–Crippen MR) is 34.8 cm³/mol. The molecule has 1 fully saturated rings. The smallest absolute Gasteiger partial charge is 0.310 e. The molecule has 2 rings (SSSR count). The molecule has 0 unspecified atom stereocenters. The van der Waals surface area contributed by atoms with Gasteiger partial charge in [0.2, 0.25) is 0 Å². The van der Waals surface area contributed by atoms with Crippen LogP contribution in [0, 0.1) is 0 Å². The van der Waals surface area contributed by atoms with Crippen LogP contribution in [0.2, 0.25) is 0 Å². The van der Waals surface area contributed by atoms with Crippen molar-refractivity contribution in [3.8, 4) is 0 Å². The van der Waals surface area contributed by atoms with Gasteiger partial charge in [0.1, 0.15) is 12.2 Å². The second kappa shape index (κ2) is 2.04. The molecular weight excluding hydrogens is 170 g/mol. The predicted octanol–water partition coefficient (Wildman–Crippen LogP) is -0.318. The molecule has 2 N–H and O–H groups in total. The molecule has 12 heavy (non-hydrogen) atoms. The van der Waals surface area contributed by atoms with Gasteiger partial charge in [-0.3, -0.25) is 0 Å². The number of aliphatic hydroxyl groups is 2. The van der Waals surface area contributed by atoms with Crippen molar-refractivity contribution < 1.29 is 23.7 Å². The summed E-state index contributed by atoms with van der Waals surface area (Å²) in [6, 6.07) is 0. The molecular formula is C7H8F2O3. The second-order valence-corrected chi connectivity index (χ2v) is 3.07. The van der Waals surface area contributed by atoms with Crippen LogP contribution in [-0.2, 0) is 4.74 Å². The van der Waals surface area contributed by atoms with E-state index in [0.717, 1.165) is 0 Å². The molecule has 0 radical (unpaired) electrons. The van der Waals surface area contributed by atoms with Gasteiger partial charge >= 0.3 is 5.92 Å². The van der Waals surface area contributed by atoms with Crippen LogP contribution in [0.1, 0.15) is 0 Å². The highest BCUT2D eigenvalue weighted by molar-refractivity contribution is 5.25. The van der Waals surface area contributed by atoms with Crippen molar-refractivity contribution in [1.29, 1.82) is 0 Å². The lowest BCUT2D eigenvalue weighted by Gasteiger charge is -2.31. The highest BCUT2D eigenvalue weighted by atomic mass is 19.3. The summed E-state index contributed by atoms with van der Waals surface area (Å²) in [4.78, 5) is 0. The lowest BCUT2D eigenvalue weighted by molar-refractivity contribution is -0.183. The van der Waals surface area contributed by atoms with Gasteiger partial charge in [0.05, 0.1) is 6.61 Å². The first-order chi connectivity index (χ1) is 5.52. The van der Waals surface area contributed by atoms with Gasteiger partial charge < -0.3 is 14.9 Å². The Bertz CT molecular complexity index is 241. The Morgan fingerprint density at radius 3 is 2.25 bits per heavy atom. The molecule has 5 heteroatoms. The van der Waals surface area contributed by atoms with Crippen molar-refractivity contribution in [2.75, 3.05) is 6.61 Å². The summed E-state index contributed by atoms with van der Waals surface area (Å²) in [5.41, 5.74) is -2.44. The molecule has 0 aromatic carbocycles. The third-order valence-corrected chi connectivity index (χ3v) is 2.40. The number of hydrogen-bond acceptors (Lipinski definition) is 3. The number of hydrogen-bond donors (Lipinski definition) is 2. The normalized spacial score (nSPS) is 48.7. The van der Waals surface area contributed by atoms with E-state index in [1.165, 1.54) is 12.2 Å². The monoisotopic (exact) mass is 178 g/mol.